The second-order valence-electron chi connectivity index (χ2n) is 6.64. The first kappa shape index (κ1) is 23.3. The standard InChI is InChI=1S/C23H26ClNO5/c1-6-29-19-13-17(12-18(24)22(19)28-5)10-11-20(26)30-16(4)23(27)25-21-14(2)8-7-9-15(21)3/h7-13,16H,6H2,1-5H3,(H,25,27)/b11-10+. The van der Waals surface area contributed by atoms with E-state index in [0.717, 1.165) is 16.8 Å². The average Bonchev–Trinajstić information content (AvgIpc) is 2.69. The van der Waals surface area contributed by atoms with Crippen molar-refractivity contribution >= 4 is 35.2 Å². The number of hydrogen-bond acceptors (Lipinski definition) is 5. The van der Waals surface area contributed by atoms with E-state index >= 15 is 0 Å². The lowest BCUT2D eigenvalue weighted by Gasteiger charge is -2.15. The van der Waals surface area contributed by atoms with E-state index < -0.39 is 18.0 Å². The molecular weight excluding hydrogens is 406 g/mol. The Hall–Kier alpha value is -2.99. The Morgan fingerprint density at radius 3 is 2.47 bits per heavy atom. The van der Waals surface area contributed by atoms with E-state index in [2.05, 4.69) is 5.32 Å². The molecule has 1 amide bonds. The van der Waals surface area contributed by atoms with Crippen LogP contribution in [0.25, 0.3) is 6.08 Å². The van der Waals surface area contributed by atoms with Gasteiger partial charge in [0.05, 0.1) is 18.7 Å². The zero-order chi connectivity index (χ0) is 22.3. The number of esters is 1. The molecule has 6 nitrogen and oxygen atoms in total. The van der Waals surface area contributed by atoms with Crippen molar-refractivity contribution in [3.63, 3.8) is 0 Å². The van der Waals surface area contributed by atoms with Crippen LogP contribution in [0.4, 0.5) is 5.69 Å². The van der Waals surface area contributed by atoms with Gasteiger partial charge in [-0.05, 0) is 62.6 Å². The number of methoxy groups -OCH3 is 1. The maximum absolute atomic E-state index is 12.4. The fourth-order valence-corrected chi connectivity index (χ4v) is 3.11. The van der Waals surface area contributed by atoms with Crippen LogP contribution >= 0.6 is 11.6 Å². The largest absolute Gasteiger partial charge is 0.491 e. The molecule has 0 saturated heterocycles. The van der Waals surface area contributed by atoms with E-state index in [-0.39, 0.29) is 0 Å². The number of anilines is 1. The number of nitrogens with one attached hydrogen (secondary N) is 1. The zero-order valence-electron chi connectivity index (χ0n) is 17.7. The SMILES string of the molecule is CCOc1cc(/C=C/C(=O)OC(C)C(=O)Nc2c(C)cccc2C)cc(Cl)c1OC. The first-order valence-electron chi connectivity index (χ1n) is 9.52. The summed E-state index contributed by atoms with van der Waals surface area (Å²) >= 11 is 6.21. The molecule has 0 spiro atoms. The Labute approximate surface area is 181 Å². The van der Waals surface area contributed by atoms with Gasteiger partial charge >= 0.3 is 5.97 Å². The molecule has 1 N–H and O–H groups in total. The van der Waals surface area contributed by atoms with Gasteiger partial charge in [0.2, 0.25) is 0 Å². The summed E-state index contributed by atoms with van der Waals surface area (Å²) in [6.45, 7) is 7.61. The number of halogens is 1. The lowest BCUT2D eigenvalue weighted by molar-refractivity contribution is -0.148. The molecule has 0 aliphatic carbocycles. The van der Waals surface area contributed by atoms with Crippen molar-refractivity contribution in [2.45, 2.75) is 33.8 Å². The number of rotatable bonds is 8. The smallest absolute Gasteiger partial charge is 0.331 e. The van der Waals surface area contributed by atoms with Crippen LogP contribution in [0.3, 0.4) is 0 Å². The Kier molecular flexibility index (Phi) is 8.30. The summed E-state index contributed by atoms with van der Waals surface area (Å²) in [5.74, 6) is -0.152. The van der Waals surface area contributed by atoms with Crippen LogP contribution in [0.5, 0.6) is 11.5 Å². The van der Waals surface area contributed by atoms with E-state index in [1.165, 1.54) is 26.2 Å². The minimum absolute atomic E-state index is 0.359. The number of carbonyl (C=O) groups is 2. The van der Waals surface area contributed by atoms with Crippen molar-refractivity contribution < 1.29 is 23.8 Å². The first-order chi connectivity index (χ1) is 14.3. The summed E-state index contributed by atoms with van der Waals surface area (Å²) in [7, 11) is 1.50. The van der Waals surface area contributed by atoms with Crippen molar-refractivity contribution in [1.29, 1.82) is 0 Å². The predicted molar refractivity (Wildman–Crippen MR) is 118 cm³/mol. The fourth-order valence-electron chi connectivity index (χ4n) is 2.81. The first-order valence-corrected chi connectivity index (χ1v) is 9.90. The van der Waals surface area contributed by atoms with Crippen molar-refractivity contribution in [3.05, 3.63) is 58.1 Å². The van der Waals surface area contributed by atoms with Gasteiger partial charge < -0.3 is 19.5 Å². The third-order valence-electron chi connectivity index (χ3n) is 4.34. The average molecular weight is 432 g/mol. The summed E-state index contributed by atoms with van der Waals surface area (Å²) in [6.07, 6.45) is 1.81. The monoisotopic (exact) mass is 431 g/mol. The molecule has 30 heavy (non-hydrogen) atoms. The fraction of sp³-hybridized carbons (Fsp3) is 0.304. The second kappa shape index (κ2) is 10.7. The van der Waals surface area contributed by atoms with E-state index in [1.54, 1.807) is 12.1 Å². The maximum Gasteiger partial charge on any atom is 0.331 e. The van der Waals surface area contributed by atoms with Gasteiger partial charge in [0.25, 0.3) is 5.91 Å². The summed E-state index contributed by atoms with van der Waals surface area (Å²) in [4.78, 5) is 24.6. The van der Waals surface area contributed by atoms with Gasteiger partial charge in [0.15, 0.2) is 17.6 Å². The lowest BCUT2D eigenvalue weighted by Crippen LogP contribution is -2.30. The molecule has 160 valence electrons. The normalized spacial score (nSPS) is 11.8. The Morgan fingerprint density at radius 1 is 1.20 bits per heavy atom. The van der Waals surface area contributed by atoms with Crippen LogP contribution in [-0.2, 0) is 14.3 Å². The molecule has 0 radical (unpaired) electrons. The van der Waals surface area contributed by atoms with Crippen molar-refractivity contribution in [1.82, 2.24) is 0 Å². The molecule has 0 saturated carbocycles. The van der Waals surface area contributed by atoms with Crippen molar-refractivity contribution in [2.24, 2.45) is 0 Å². The number of para-hydroxylation sites is 1. The van der Waals surface area contributed by atoms with Gasteiger partial charge in [-0.15, -0.1) is 0 Å². The molecule has 1 unspecified atom stereocenters. The Morgan fingerprint density at radius 2 is 1.87 bits per heavy atom. The highest BCUT2D eigenvalue weighted by Crippen LogP contribution is 2.36. The molecule has 0 fully saturated rings. The van der Waals surface area contributed by atoms with Gasteiger partial charge in [-0.1, -0.05) is 29.8 Å². The van der Waals surface area contributed by atoms with Gasteiger partial charge in [0.1, 0.15) is 0 Å². The van der Waals surface area contributed by atoms with Gasteiger partial charge in [-0.2, -0.15) is 0 Å². The maximum atomic E-state index is 12.4. The summed E-state index contributed by atoms with van der Waals surface area (Å²) in [5, 5.41) is 3.17. The molecule has 0 bridgehead atoms. The van der Waals surface area contributed by atoms with Crippen molar-refractivity contribution in [3.8, 4) is 11.5 Å². The molecular formula is C23H26ClNO5. The molecule has 0 aliphatic rings. The van der Waals surface area contributed by atoms with Crippen LogP contribution in [-0.4, -0.2) is 31.7 Å². The van der Waals surface area contributed by atoms with E-state index in [9.17, 15) is 9.59 Å². The van der Waals surface area contributed by atoms with E-state index in [0.29, 0.717) is 28.7 Å². The third kappa shape index (κ3) is 6.00. The van der Waals surface area contributed by atoms with Gasteiger partial charge in [-0.25, -0.2) is 4.79 Å². The number of carbonyl (C=O) groups excluding carboxylic acids is 2. The molecule has 2 rings (SSSR count). The highest BCUT2D eigenvalue weighted by molar-refractivity contribution is 6.32. The molecule has 0 heterocycles. The Balaban J connectivity index is 2.04. The van der Waals surface area contributed by atoms with Crippen LogP contribution in [0.15, 0.2) is 36.4 Å². The minimum atomic E-state index is -0.959. The lowest BCUT2D eigenvalue weighted by atomic mass is 10.1. The van der Waals surface area contributed by atoms with Crippen LogP contribution < -0.4 is 14.8 Å². The number of aryl methyl sites for hydroxylation is 2. The number of benzene rings is 2. The quantitative estimate of drug-likeness (QED) is 0.473. The van der Waals surface area contributed by atoms with E-state index in [1.807, 2.05) is 39.0 Å². The molecule has 2 aromatic carbocycles. The predicted octanol–water partition coefficient (Wildman–Crippen LogP) is 4.95. The highest BCUT2D eigenvalue weighted by atomic mass is 35.5. The molecule has 2 aromatic rings. The Bertz CT molecular complexity index is 935. The third-order valence-corrected chi connectivity index (χ3v) is 4.62. The van der Waals surface area contributed by atoms with Gasteiger partial charge in [-0.3, -0.25) is 4.79 Å². The van der Waals surface area contributed by atoms with Crippen molar-refractivity contribution in [2.75, 3.05) is 19.0 Å². The molecule has 1 atom stereocenters. The van der Waals surface area contributed by atoms with E-state index in [4.69, 9.17) is 25.8 Å². The molecule has 7 heteroatoms. The summed E-state index contributed by atoms with van der Waals surface area (Å²) < 4.78 is 16.0. The minimum Gasteiger partial charge on any atom is -0.491 e. The summed E-state index contributed by atoms with van der Waals surface area (Å²) in [6, 6.07) is 9.06. The van der Waals surface area contributed by atoms with Crippen LogP contribution in [0.1, 0.15) is 30.5 Å². The number of ether oxygens (including phenoxy) is 3. The van der Waals surface area contributed by atoms with Gasteiger partial charge in [0, 0.05) is 11.8 Å². The topological polar surface area (TPSA) is 73.9 Å². The van der Waals surface area contributed by atoms with Crippen LogP contribution in [0, 0.1) is 13.8 Å². The zero-order valence-corrected chi connectivity index (χ0v) is 18.5. The summed E-state index contributed by atoms with van der Waals surface area (Å²) in [5.41, 5.74) is 3.22. The number of hydrogen-bond donors (Lipinski definition) is 1. The molecule has 0 aromatic heterocycles. The molecule has 0 aliphatic heterocycles. The van der Waals surface area contributed by atoms with Crippen LogP contribution in [0.2, 0.25) is 5.02 Å². The second-order valence-corrected chi connectivity index (χ2v) is 7.04. The highest BCUT2D eigenvalue weighted by Gasteiger charge is 2.18. The number of amides is 1.